The van der Waals surface area contributed by atoms with Gasteiger partial charge < -0.3 is 9.73 Å². The molecule has 2 nitrogen and oxygen atoms in total. The minimum absolute atomic E-state index is 0.179. The van der Waals surface area contributed by atoms with Crippen molar-refractivity contribution in [3.63, 3.8) is 0 Å². The van der Waals surface area contributed by atoms with Crippen molar-refractivity contribution in [2.75, 3.05) is 5.32 Å². The van der Waals surface area contributed by atoms with Crippen molar-refractivity contribution < 1.29 is 4.42 Å². The first kappa shape index (κ1) is 19.6. The molecule has 2 aliphatic carbocycles. The number of rotatable bonds is 2. The minimum Gasteiger partial charge on any atom is -0.445 e. The van der Waals surface area contributed by atoms with Gasteiger partial charge >= 0.3 is 0 Å². The summed E-state index contributed by atoms with van der Waals surface area (Å²) >= 11 is 0. The maximum absolute atomic E-state index is 6.31. The molecule has 4 rings (SSSR count). The van der Waals surface area contributed by atoms with Crippen molar-refractivity contribution in [1.29, 1.82) is 0 Å². The maximum Gasteiger partial charge on any atom is 0.197 e. The van der Waals surface area contributed by atoms with Crippen molar-refractivity contribution >= 4 is 11.6 Å². The van der Waals surface area contributed by atoms with Crippen LogP contribution in [0.5, 0.6) is 0 Å². The second kappa shape index (κ2) is 6.40. The number of nitrogens with one attached hydrogen (secondary N) is 1. The topological polar surface area (TPSA) is 25.2 Å². The Hall–Kier alpha value is -1.70. The first-order valence-corrected chi connectivity index (χ1v) is 10.9. The first-order valence-electron chi connectivity index (χ1n) is 10.9. The van der Waals surface area contributed by atoms with Gasteiger partial charge in [-0.1, -0.05) is 60.6 Å². The fraction of sp³-hybridized carbons (Fsp3) is 0.615. The van der Waals surface area contributed by atoms with Crippen LogP contribution in [0.1, 0.15) is 78.2 Å². The highest BCUT2D eigenvalue weighted by atomic mass is 16.4. The fourth-order valence-electron chi connectivity index (χ4n) is 5.45. The van der Waals surface area contributed by atoms with E-state index in [1.807, 2.05) is 0 Å². The standard InChI is InChI=1S/C26H37NO/c1-24(2,3)18-8-10-19(11-9-18)27-23-15-17-14-20-21(16-22(17)28-23)26(6,7)13-12-25(20,4)5/h8-11,15,20-21,27H,12-14,16H2,1-7H3/t20-,21?/m1/s1. The van der Waals surface area contributed by atoms with E-state index in [4.69, 9.17) is 4.42 Å². The SMILES string of the molecule is CC(C)(C)c1ccc(Nc2cc3c(o2)CC2[C@@H](C3)C(C)(C)CCC2(C)C)cc1. The number of benzene rings is 1. The van der Waals surface area contributed by atoms with Gasteiger partial charge in [-0.05, 0) is 70.6 Å². The molecule has 0 aliphatic heterocycles. The van der Waals surface area contributed by atoms with Crippen molar-refractivity contribution in [3.05, 3.63) is 47.2 Å². The van der Waals surface area contributed by atoms with Crippen LogP contribution in [0.2, 0.25) is 0 Å². The predicted octanol–water partition coefficient (Wildman–Crippen LogP) is 7.50. The Morgan fingerprint density at radius 3 is 2.04 bits per heavy atom. The van der Waals surface area contributed by atoms with Crippen LogP contribution in [-0.4, -0.2) is 0 Å². The molecule has 2 aromatic rings. The largest absolute Gasteiger partial charge is 0.445 e. The molecular weight excluding hydrogens is 342 g/mol. The summed E-state index contributed by atoms with van der Waals surface area (Å²) in [5, 5.41) is 3.50. The first-order chi connectivity index (χ1) is 13.0. The number of anilines is 2. The molecule has 1 aromatic heterocycles. The maximum atomic E-state index is 6.31. The van der Waals surface area contributed by atoms with Gasteiger partial charge in [0.2, 0.25) is 0 Å². The number of hydrogen-bond acceptors (Lipinski definition) is 2. The summed E-state index contributed by atoms with van der Waals surface area (Å²) in [4.78, 5) is 0. The van der Waals surface area contributed by atoms with Crippen LogP contribution < -0.4 is 5.32 Å². The van der Waals surface area contributed by atoms with E-state index >= 15 is 0 Å². The van der Waals surface area contributed by atoms with Crippen LogP contribution in [0, 0.1) is 22.7 Å². The van der Waals surface area contributed by atoms with E-state index in [-0.39, 0.29) is 5.41 Å². The summed E-state index contributed by atoms with van der Waals surface area (Å²) in [6, 6.07) is 11.0. The fourth-order valence-corrected chi connectivity index (χ4v) is 5.45. The second-order valence-electron chi connectivity index (χ2n) is 11.6. The predicted molar refractivity (Wildman–Crippen MR) is 118 cm³/mol. The van der Waals surface area contributed by atoms with Gasteiger partial charge in [-0.3, -0.25) is 0 Å². The monoisotopic (exact) mass is 379 g/mol. The van der Waals surface area contributed by atoms with Gasteiger partial charge in [0.1, 0.15) is 5.76 Å². The highest BCUT2D eigenvalue weighted by Crippen LogP contribution is 2.57. The lowest BCUT2D eigenvalue weighted by molar-refractivity contribution is -0.0276. The molecule has 1 saturated carbocycles. The zero-order chi connectivity index (χ0) is 20.3. The van der Waals surface area contributed by atoms with E-state index in [1.165, 1.54) is 29.7 Å². The lowest BCUT2D eigenvalue weighted by Gasteiger charge is -2.54. The third-order valence-electron chi connectivity index (χ3n) is 7.67. The zero-order valence-electron chi connectivity index (χ0n) is 18.8. The molecule has 2 heteroatoms. The molecule has 1 unspecified atom stereocenters. The number of fused-ring (bicyclic) bond motifs is 2. The Labute approximate surface area is 171 Å². The van der Waals surface area contributed by atoms with Crippen molar-refractivity contribution in [3.8, 4) is 0 Å². The Balaban J connectivity index is 1.56. The number of furan rings is 1. The number of hydrogen-bond donors (Lipinski definition) is 1. The second-order valence-corrected chi connectivity index (χ2v) is 11.6. The van der Waals surface area contributed by atoms with Gasteiger partial charge in [0.15, 0.2) is 5.88 Å². The Bertz CT molecular complexity index is 806. The van der Waals surface area contributed by atoms with Crippen molar-refractivity contribution in [1.82, 2.24) is 0 Å². The summed E-state index contributed by atoms with van der Waals surface area (Å²) < 4.78 is 6.31. The molecule has 2 atom stereocenters. The Morgan fingerprint density at radius 1 is 0.893 bits per heavy atom. The summed E-state index contributed by atoms with van der Waals surface area (Å²) in [6.07, 6.45) is 4.90. The molecular formula is C26H37NO. The van der Waals surface area contributed by atoms with Crippen LogP contribution in [-0.2, 0) is 18.3 Å². The van der Waals surface area contributed by atoms with Crippen molar-refractivity contribution in [2.45, 2.75) is 79.6 Å². The molecule has 1 aromatic carbocycles. The molecule has 0 saturated heterocycles. The summed E-state index contributed by atoms with van der Waals surface area (Å²) in [5.41, 5.74) is 4.87. The van der Waals surface area contributed by atoms with Crippen LogP contribution in [0.25, 0.3) is 0 Å². The molecule has 2 aliphatic rings. The molecule has 0 radical (unpaired) electrons. The molecule has 0 spiro atoms. The van der Waals surface area contributed by atoms with E-state index in [2.05, 4.69) is 84.1 Å². The molecule has 1 N–H and O–H groups in total. The summed E-state index contributed by atoms with van der Waals surface area (Å²) in [6.45, 7) is 16.6. The molecule has 152 valence electrons. The van der Waals surface area contributed by atoms with Crippen LogP contribution >= 0.6 is 0 Å². The van der Waals surface area contributed by atoms with Gasteiger partial charge in [0.25, 0.3) is 0 Å². The molecule has 28 heavy (non-hydrogen) atoms. The third kappa shape index (κ3) is 3.51. The van der Waals surface area contributed by atoms with Crippen molar-refractivity contribution in [2.24, 2.45) is 22.7 Å². The lowest BCUT2D eigenvalue weighted by Crippen LogP contribution is -2.47. The highest BCUT2D eigenvalue weighted by molar-refractivity contribution is 5.57. The summed E-state index contributed by atoms with van der Waals surface area (Å²) in [7, 11) is 0. The van der Waals surface area contributed by atoms with Gasteiger partial charge in [-0.15, -0.1) is 0 Å². The Kier molecular flexibility index (Phi) is 4.48. The summed E-state index contributed by atoms with van der Waals surface area (Å²) in [5.74, 6) is 3.57. The van der Waals surface area contributed by atoms with Gasteiger partial charge in [0, 0.05) is 18.2 Å². The Morgan fingerprint density at radius 2 is 1.46 bits per heavy atom. The van der Waals surface area contributed by atoms with E-state index in [9.17, 15) is 0 Å². The lowest BCUT2D eigenvalue weighted by atomic mass is 9.51. The van der Waals surface area contributed by atoms with E-state index in [1.54, 1.807) is 0 Å². The van der Waals surface area contributed by atoms with Crippen LogP contribution in [0.4, 0.5) is 11.6 Å². The van der Waals surface area contributed by atoms with Gasteiger partial charge in [-0.2, -0.15) is 0 Å². The average Bonchev–Trinajstić information content (AvgIpc) is 2.99. The highest BCUT2D eigenvalue weighted by Gasteiger charge is 2.50. The molecule has 0 bridgehead atoms. The van der Waals surface area contributed by atoms with Crippen LogP contribution in [0.15, 0.2) is 34.7 Å². The zero-order valence-corrected chi connectivity index (χ0v) is 18.8. The quantitative estimate of drug-likeness (QED) is 0.584. The van der Waals surface area contributed by atoms with E-state index in [0.29, 0.717) is 16.7 Å². The minimum atomic E-state index is 0.179. The van der Waals surface area contributed by atoms with Gasteiger partial charge in [-0.25, -0.2) is 0 Å². The molecule has 1 fully saturated rings. The van der Waals surface area contributed by atoms with E-state index < -0.39 is 0 Å². The normalized spacial score (nSPS) is 25.7. The smallest absolute Gasteiger partial charge is 0.197 e. The van der Waals surface area contributed by atoms with E-state index in [0.717, 1.165) is 30.3 Å². The van der Waals surface area contributed by atoms with Gasteiger partial charge in [0.05, 0.1) is 0 Å². The molecule has 0 amide bonds. The van der Waals surface area contributed by atoms with Crippen LogP contribution in [0.3, 0.4) is 0 Å². The third-order valence-corrected chi connectivity index (χ3v) is 7.67. The molecule has 1 heterocycles. The average molecular weight is 380 g/mol.